The zero-order chi connectivity index (χ0) is 31.6. The van der Waals surface area contributed by atoms with E-state index in [1.54, 1.807) is 0 Å². The fourth-order valence-electron chi connectivity index (χ4n) is 11.1. The molecule has 0 aromatic rings. The Bertz CT molecular complexity index is 985. The molecule has 7 aliphatic rings. The molecule has 2 heterocycles. The predicted octanol–water partition coefficient (Wildman–Crippen LogP) is 5.44. The lowest BCUT2D eigenvalue weighted by molar-refractivity contribution is -0.0466. The first-order chi connectivity index (χ1) is 21.7. The quantitative estimate of drug-likeness (QED) is 0.175. The second kappa shape index (κ2) is 14.7. The number of hydrogen-bond donors (Lipinski definition) is 3. The molecule has 1 saturated heterocycles. The second-order valence-corrected chi connectivity index (χ2v) is 17.2. The molecular weight excluding hydrogens is 558 g/mol. The van der Waals surface area contributed by atoms with Gasteiger partial charge in [0.25, 0.3) is 0 Å². The maximum atomic E-state index is 10.4. The molecule has 45 heavy (non-hydrogen) atoms. The van der Waals surface area contributed by atoms with Crippen molar-refractivity contribution < 1.29 is 5.11 Å². The molecule has 0 aromatic heterocycles. The molecule has 2 aliphatic heterocycles. The summed E-state index contributed by atoms with van der Waals surface area (Å²) in [5, 5.41) is 10.4. The fourth-order valence-corrected chi connectivity index (χ4v) is 11.1. The Labute approximate surface area is 274 Å². The third-order valence-corrected chi connectivity index (χ3v) is 12.9. The van der Waals surface area contributed by atoms with Crippen molar-refractivity contribution in [3.8, 4) is 0 Å². The molecule has 4 atom stereocenters. The van der Waals surface area contributed by atoms with Gasteiger partial charge in [-0.25, -0.2) is 0 Å². The first-order valence-electron chi connectivity index (χ1n) is 19.2. The smallest absolute Gasteiger partial charge is 0.191 e. The average molecular weight is 626 g/mol. The summed E-state index contributed by atoms with van der Waals surface area (Å²) in [6.07, 6.45) is 20.4. The van der Waals surface area contributed by atoms with E-state index in [1.165, 1.54) is 89.9 Å². The van der Waals surface area contributed by atoms with Crippen LogP contribution >= 0.6 is 0 Å². The van der Waals surface area contributed by atoms with E-state index in [1.807, 2.05) is 6.92 Å². The van der Waals surface area contributed by atoms with E-state index >= 15 is 0 Å². The van der Waals surface area contributed by atoms with E-state index in [-0.39, 0.29) is 6.10 Å². The second-order valence-electron chi connectivity index (χ2n) is 17.2. The van der Waals surface area contributed by atoms with Crippen LogP contribution < -0.4 is 11.5 Å². The SMILES string of the molecule is CC(C)C[C@@H]1CN=C(N)N1C[C@@H]1CCCN1C[C@@H](CC1CCCCC1)N(CC[C@H](C)O)C(N)=NCC12CC3CC(CC(C3)C1)C2. The molecule has 0 spiro atoms. The van der Waals surface area contributed by atoms with Crippen molar-refractivity contribution in [2.45, 2.75) is 148 Å². The van der Waals surface area contributed by atoms with Gasteiger partial charge in [-0.3, -0.25) is 14.9 Å². The standard InChI is InChI=1S/C37H67N7O/c1-26(2)14-33-22-40-35(38)44(33)24-32-10-7-12-42(32)23-34(18-28-8-5-4-6-9-28)43(13-11-27(3)45)36(39)41-25-37-19-29-15-30(20-37)17-31(16-29)21-37/h26-34,45H,4-25H2,1-3H3,(H2,38,40)(H2,39,41)/t27-,29?,30?,31?,32-,33+,34+,37?/m0/s1. The highest BCUT2D eigenvalue weighted by Crippen LogP contribution is 2.60. The molecule has 0 aromatic carbocycles. The normalized spacial score (nSPS) is 35.4. The Morgan fingerprint density at radius 3 is 2.31 bits per heavy atom. The Kier molecular flexibility index (Phi) is 10.9. The zero-order valence-corrected chi connectivity index (χ0v) is 29.1. The number of nitrogens with two attached hydrogens (primary N) is 2. The van der Waals surface area contributed by atoms with Crippen molar-refractivity contribution in [1.82, 2.24) is 14.7 Å². The molecule has 5 aliphatic carbocycles. The largest absolute Gasteiger partial charge is 0.393 e. The number of aliphatic imine (C=N–C) groups is 2. The Balaban J connectivity index is 1.19. The van der Waals surface area contributed by atoms with Gasteiger partial charge in [-0.2, -0.15) is 0 Å². The number of hydrogen-bond acceptors (Lipinski definition) is 6. The highest BCUT2D eigenvalue weighted by atomic mass is 16.3. The predicted molar refractivity (Wildman–Crippen MR) is 186 cm³/mol. The molecular formula is C37H67N7O. The third-order valence-electron chi connectivity index (χ3n) is 12.9. The van der Waals surface area contributed by atoms with Gasteiger partial charge in [0.15, 0.2) is 11.9 Å². The number of nitrogens with zero attached hydrogens (tertiary/aromatic N) is 5. The summed E-state index contributed by atoms with van der Waals surface area (Å²) in [5.74, 6) is 5.68. The molecule has 5 N–H and O–H groups in total. The van der Waals surface area contributed by atoms with Crippen molar-refractivity contribution in [3.63, 3.8) is 0 Å². The molecule has 0 amide bonds. The van der Waals surface area contributed by atoms with E-state index < -0.39 is 0 Å². The molecule has 256 valence electrons. The van der Waals surface area contributed by atoms with Crippen LogP contribution in [0.25, 0.3) is 0 Å². The Morgan fingerprint density at radius 2 is 1.67 bits per heavy atom. The highest BCUT2D eigenvalue weighted by molar-refractivity contribution is 5.80. The van der Waals surface area contributed by atoms with Crippen LogP contribution in [0, 0.1) is 35.0 Å². The monoisotopic (exact) mass is 626 g/mol. The first kappa shape index (κ1) is 33.4. The van der Waals surface area contributed by atoms with Gasteiger partial charge in [-0.05, 0) is 119 Å². The number of likely N-dealkylation sites (tertiary alicyclic amines) is 1. The maximum absolute atomic E-state index is 10.4. The maximum Gasteiger partial charge on any atom is 0.191 e. The van der Waals surface area contributed by atoms with Crippen molar-refractivity contribution in [2.75, 3.05) is 39.3 Å². The van der Waals surface area contributed by atoms with E-state index in [4.69, 9.17) is 16.5 Å². The van der Waals surface area contributed by atoms with Crippen LogP contribution in [0.15, 0.2) is 9.98 Å². The molecule has 5 saturated carbocycles. The van der Waals surface area contributed by atoms with E-state index in [0.717, 1.165) is 87.7 Å². The summed E-state index contributed by atoms with van der Waals surface area (Å²) in [4.78, 5) is 17.6. The van der Waals surface area contributed by atoms with Gasteiger partial charge in [0.05, 0.1) is 18.7 Å². The minimum atomic E-state index is -0.339. The highest BCUT2D eigenvalue weighted by Gasteiger charge is 2.50. The van der Waals surface area contributed by atoms with E-state index in [2.05, 4.69) is 33.5 Å². The Hall–Kier alpha value is -1.54. The van der Waals surface area contributed by atoms with Crippen LogP contribution in [-0.4, -0.2) is 95.2 Å². The summed E-state index contributed by atoms with van der Waals surface area (Å²) in [6, 6.07) is 1.24. The van der Waals surface area contributed by atoms with E-state index in [9.17, 15) is 5.11 Å². The number of rotatable bonds is 14. The van der Waals surface area contributed by atoms with Crippen molar-refractivity contribution in [2.24, 2.45) is 56.5 Å². The molecule has 8 nitrogen and oxygen atoms in total. The third kappa shape index (κ3) is 8.31. The minimum absolute atomic E-state index is 0.323. The molecule has 4 bridgehead atoms. The van der Waals surface area contributed by atoms with Crippen molar-refractivity contribution in [1.29, 1.82) is 0 Å². The number of guanidine groups is 2. The van der Waals surface area contributed by atoms with Crippen LogP contribution in [0.1, 0.15) is 124 Å². The van der Waals surface area contributed by atoms with Crippen LogP contribution in [0.5, 0.6) is 0 Å². The Morgan fingerprint density at radius 1 is 0.978 bits per heavy atom. The molecule has 0 unspecified atom stereocenters. The summed E-state index contributed by atoms with van der Waals surface area (Å²) in [7, 11) is 0. The van der Waals surface area contributed by atoms with Crippen LogP contribution in [0.4, 0.5) is 0 Å². The number of aliphatic hydroxyl groups is 1. The van der Waals surface area contributed by atoms with Gasteiger partial charge in [0.2, 0.25) is 0 Å². The fraction of sp³-hybridized carbons (Fsp3) is 0.946. The van der Waals surface area contributed by atoms with Crippen LogP contribution in [0.3, 0.4) is 0 Å². The summed E-state index contributed by atoms with van der Waals surface area (Å²) >= 11 is 0. The van der Waals surface area contributed by atoms with Gasteiger partial charge in [-0.1, -0.05) is 46.0 Å². The lowest BCUT2D eigenvalue weighted by Crippen LogP contribution is -2.54. The molecule has 6 fully saturated rings. The van der Waals surface area contributed by atoms with E-state index in [0.29, 0.717) is 29.5 Å². The summed E-state index contributed by atoms with van der Waals surface area (Å²) in [5.41, 5.74) is 14.0. The molecule has 7 rings (SSSR count). The van der Waals surface area contributed by atoms with Gasteiger partial charge in [0.1, 0.15) is 0 Å². The lowest BCUT2D eigenvalue weighted by Gasteiger charge is -2.56. The summed E-state index contributed by atoms with van der Waals surface area (Å²) < 4.78 is 0. The van der Waals surface area contributed by atoms with Crippen molar-refractivity contribution >= 4 is 11.9 Å². The average Bonchev–Trinajstić information content (AvgIpc) is 3.57. The molecule has 0 radical (unpaired) electrons. The van der Waals surface area contributed by atoms with Gasteiger partial charge in [0, 0.05) is 38.3 Å². The van der Waals surface area contributed by atoms with Gasteiger partial charge < -0.3 is 26.4 Å². The van der Waals surface area contributed by atoms with Gasteiger partial charge in [-0.15, -0.1) is 0 Å². The van der Waals surface area contributed by atoms with Gasteiger partial charge >= 0.3 is 0 Å². The molecule has 8 heteroatoms. The minimum Gasteiger partial charge on any atom is -0.393 e. The lowest BCUT2D eigenvalue weighted by atomic mass is 9.49. The number of aliphatic hydroxyl groups excluding tert-OH is 1. The zero-order valence-electron chi connectivity index (χ0n) is 29.1. The van der Waals surface area contributed by atoms with Crippen LogP contribution in [-0.2, 0) is 0 Å². The topological polar surface area (TPSA) is 107 Å². The van der Waals surface area contributed by atoms with Crippen LogP contribution in [0.2, 0.25) is 0 Å². The summed E-state index contributed by atoms with van der Waals surface area (Å²) in [6.45, 7) is 12.2. The van der Waals surface area contributed by atoms with Crippen molar-refractivity contribution in [3.05, 3.63) is 0 Å². The first-order valence-corrected chi connectivity index (χ1v) is 19.2.